The van der Waals surface area contributed by atoms with Crippen molar-refractivity contribution in [2.45, 2.75) is 53.1 Å². The van der Waals surface area contributed by atoms with E-state index in [1.807, 2.05) is 12.1 Å². The van der Waals surface area contributed by atoms with Crippen LogP contribution in [0.5, 0.6) is 5.75 Å². The molecular weight excluding hydrogens is 398 g/mol. The fraction of sp³-hybridized carbons (Fsp3) is 0.526. The molecule has 3 rings (SSSR count). The van der Waals surface area contributed by atoms with Crippen molar-refractivity contribution in [1.29, 1.82) is 0 Å². The Morgan fingerprint density at radius 1 is 1.19 bits per heavy atom. The van der Waals surface area contributed by atoms with Crippen molar-refractivity contribution in [3.63, 3.8) is 0 Å². The smallest absolute Gasteiger partial charge is 0.230 e. The second-order valence-corrected chi connectivity index (χ2v) is 10.1. The van der Waals surface area contributed by atoms with Gasteiger partial charge in [0.2, 0.25) is 5.91 Å². The number of rotatable bonds is 8. The van der Waals surface area contributed by atoms with Crippen LogP contribution in [-0.2, 0) is 10.5 Å². The Labute approximate surface area is 173 Å². The van der Waals surface area contributed by atoms with Gasteiger partial charge in [-0.05, 0) is 36.5 Å². The van der Waals surface area contributed by atoms with Gasteiger partial charge in [0.25, 0.3) is 0 Å². The first-order valence-electron chi connectivity index (χ1n) is 9.15. The molecule has 8 heteroatoms. The summed E-state index contributed by atoms with van der Waals surface area (Å²) in [6.45, 7) is 2.23. The minimum Gasteiger partial charge on any atom is -0.497 e. The number of methoxy groups -OCH3 is 1. The predicted octanol–water partition coefficient (Wildman–Crippen LogP) is 4.63. The molecule has 0 spiro atoms. The number of aromatic nitrogens is 2. The lowest BCUT2D eigenvalue weighted by atomic mass is 9.86. The molecule has 1 saturated carbocycles. The summed E-state index contributed by atoms with van der Waals surface area (Å²) in [4.78, 5) is 12.2. The van der Waals surface area contributed by atoms with Crippen LogP contribution in [0.15, 0.2) is 32.9 Å². The summed E-state index contributed by atoms with van der Waals surface area (Å²) < 4.78 is 6.94. The summed E-state index contributed by atoms with van der Waals surface area (Å²) >= 11 is 4.68. The normalized spacial score (nSPS) is 19.6. The zero-order chi connectivity index (χ0) is 19.1. The summed E-state index contributed by atoms with van der Waals surface area (Å²) in [5.74, 6) is 2.78. The summed E-state index contributed by atoms with van der Waals surface area (Å²) in [6.07, 6.45) is 4.81. The molecule has 0 saturated heterocycles. The summed E-state index contributed by atoms with van der Waals surface area (Å²) in [6, 6.07) is 8.36. The molecule has 1 aromatic carbocycles. The molecule has 5 nitrogen and oxygen atoms in total. The van der Waals surface area contributed by atoms with Crippen LogP contribution in [0.4, 0.5) is 0 Å². The van der Waals surface area contributed by atoms with Gasteiger partial charge < -0.3 is 10.1 Å². The van der Waals surface area contributed by atoms with Gasteiger partial charge in [0.1, 0.15) is 5.75 Å². The maximum Gasteiger partial charge on any atom is 0.230 e. The van der Waals surface area contributed by atoms with Crippen LogP contribution >= 0.6 is 34.9 Å². The van der Waals surface area contributed by atoms with Gasteiger partial charge in [0.05, 0.1) is 12.9 Å². The number of hydrogen-bond donors (Lipinski definition) is 1. The number of benzene rings is 1. The number of ether oxygens (including phenoxy) is 1. The monoisotopic (exact) mass is 423 g/mol. The van der Waals surface area contributed by atoms with Gasteiger partial charge in [-0.3, -0.25) is 4.79 Å². The van der Waals surface area contributed by atoms with Crippen LogP contribution in [0.3, 0.4) is 0 Å². The quantitative estimate of drug-likeness (QED) is 0.625. The van der Waals surface area contributed by atoms with Crippen LogP contribution in [-0.4, -0.2) is 35.0 Å². The first-order valence-corrected chi connectivity index (χ1v) is 11.9. The molecule has 1 amide bonds. The summed E-state index contributed by atoms with van der Waals surface area (Å²) in [5, 5.41) is 11.6. The van der Waals surface area contributed by atoms with E-state index in [-0.39, 0.29) is 5.91 Å². The van der Waals surface area contributed by atoms with Gasteiger partial charge in [-0.15, -0.1) is 10.2 Å². The van der Waals surface area contributed by atoms with E-state index in [9.17, 15) is 4.79 Å². The fourth-order valence-electron chi connectivity index (χ4n) is 3.09. The third-order valence-electron chi connectivity index (χ3n) is 4.69. The van der Waals surface area contributed by atoms with Gasteiger partial charge in [-0.2, -0.15) is 0 Å². The lowest BCUT2D eigenvalue weighted by Crippen LogP contribution is -2.41. The number of carbonyl (C=O) groups excluding carboxylic acids is 1. The molecule has 0 bridgehead atoms. The van der Waals surface area contributed by atoms with E-state index in [1.165, 1.54) is 36.6 Å². The van der Waals surface area contributed by atoms with Crippen molar-refractivity contribution >= 4 is 40.8 Å². The van der Waals surface area contributed by atoms with Crippen LogP contribution in [0.2, 0.25) is 0 Å². The first-order chi connectivity index (χ1) is 13.1. The van der Waals surface area contributed by atoms with E-state index in [1.54, 1.807) is 30.2 Å². The van der Waals surface area contributed by atoms with E-state index in [4.69, 9.17) is 4.74 Å². The Hall–Kier alpha value is -1.25. The number of hydrogen-bond acceptors (Lipinski definition) is 7. The molecular formula is C19H25N3O2S3. The average Bonchev–Trinajstić information content (AvgIpc) is 3.15. The van der Waals surface area contributed by atoms with Crippen molar-refractivity contribution in [3.8, 4) is 5.75 Å². The van der Waals surface area contributed by atoms with Gasteiger partial charge in [0.15, 0.2) is 8.68 Å². The van der Waals surface area contributed by atoms with Crippen molar-refractivity contribution in [2.75, 3.05) is 12.9 Å². The standard InChI is InChI=1S/C19H25N3O2S3/c1-13-5-3-4-6-16(13)20-17(23)12-26-19-22-21-18(27-19)25-11-14-7-9-15(24-2)10-8-14/h7-10,13,16H,3-6,11-12H2,1-2H3,(H,20,23)/t13-,16-/m1/s1. The number of nitrogens with one attached hydrogen (secondary N) is 1. The fourth-order valence-corrected chi connectivity index (χ4v) is 5.87. The number of amides is 1. The first kappa shape index (κ1) is 20.5. The van der Waals surface area contributed by atoms with Crippen LogP contribution < -0.4 is 10.1 Å². The third-order valence-corrected chi connectivity index (χ3v) is 7.95. The highest BCUT2D eigenvalue weighted by Gasteiger charge is 2.22. The van der Waals surface area contributed by atoms with Crippen molar-refractivity contribution in [1.82, 2.24) is 15.5 Å². The Kier molecular flexibility index (Phi) is 7.84. The van der Waals surface area contributed by atoms with Crippen molar-refractivity contribution < 1.29 is 9.53 Å². The minimum absolute atomic E-state index is 0.0985. The predicted molar refractivity (Wildman–Crippen MR) is 113 cm³/mol. The highest BCUT2D eigenvalue weighted by molar-refractivity contribution is 8.03. The zero-order valence-electron chi connectivity index (χ0n) is 15.6. The molecule has 1 aliphatic rings. The average molecular weight is 424 g/mol. The molecule has 1 N–H and O–H groups in total. The molecule has 1 aliphatic carbocycles. The third kappa shape index (κ3) is 6.40. The van der Waals surface area contributed by atoms with Crippen molar-refractivity contribution in [2.24, 2.45) is 5.92 Å². The Bertz CT molecular complexity index is 736. The van der Waals surface area contributed by atoms with Gasteiger partial charge >= 0.3 is 0 Å². The van der Waals surface area contributed by atoms with Gasteiger partial charge in [0, 0.05) is 11.8 Å². The SMILES string of the molecule is COc1ccc(CSc2nnc(SCC(=O)N[C@@H]3CCCC[C@H]3C)s2)cc1. The maximum atomic E-state index is 12.2. The second kappa shape index (κ2) is 10.3. The molecule has 2 atom stereocenters. The summed E-state index contributed by atoms with van der Waals surface area (Å²) in [7, 11) is 1.67. The molecule has 1 fully saturated rings. The van der Waals surface area contributed by atoms with E-state index >= 15 is 0 Å². The van der Waals surface area contributed by atoms with E-state index < -0.39 is 0 Å². The topological polar surface area (TPSA) is 64.1 Å². The van der Waals surface area contributed by atoms with E-state index in [0.717, 1.165) is 26.6 Å². The minimum atomic E-state index is 0.0985. The lowest BCUT2D eigenvalue weighted by molar-refractivity contribution is -0.119. The number of thioether (sulfide) groups is 2. The molecule has 2 aromatic rings. The summed E-state index contributed by atoms with van der Waals surface area (Å²) in [5.41, 5.74) is 1.21. The lowest BCUT2D eigenvalue weighted by Gasteiger charge is -2.29. The van der Waals surface area contributed by atoms with Crippen LogP contribution in [0.25, 0.3) is 0 Å². The zero-order valence-corrected chi connectivity index (χ0v) is 18.1. The number of nitrogens with zero attached hydrogens (tertiary/aromatic N) is 2. The van der Waals surface area contributed by atoms with Gasteiger partial charge in [-0.1, -0.05) is 66.8 Å². The Morgan fingerprint density at radius 3 is 2.59 bits per heavy atom. The molecule has 146 valence electrons. The molecule has 1 heterocycles. The molecule has 27 heavy (non-hydrogen) atoms. The highest BCUT2D eigenvalue weighted by Crippen LogP contribution is 2.31. The Balaban J connectivity index is 1.41. The number of carbonyl (C=O) groups is 1. The van der Waals surface area contributed by atoms with Crippen LogP contribution in [0.1, 0.15) is 38.2 Å². The maximum absolute atomic E-state index is 12.2. The second-order valence-electron chi connectivity index (χ2n) is 6.70. The largest absolute Gasteiger partial charge is 0.497 e. The molecule has 0 unspecified atom stereocenters. The van der Waals surface area contributed by atoms with E-state index in [2.05, 4.69) is 34.6 Å². The van der Waals surface area contributed by atoms with Crippen LogP contribution in [0, 0.1) is 5.92 Å². The van der Waals surface area contributed by atoms with E-state index in [0.29, 0.717) is 17.7 Å². The molecule has 0 radical (unpaired) electrons. The van der Waals surface area contributed by atoms with Gasteiger partial charge in [-0.25, -0.2) is 0 Å². The highest BCUT2D eigenvalue weighted by atomic mass is 32.2. The molecule has 1 aromatic heterocycles. The molecule has 0 aliphatic heterocycles. The Morgan fingerprint density at radius 2 is 1.89 bits per heavy atom. The van der Waals surface area contributed by atoms with Crippen molar-refractivity contribution in [3.05, 3.63) is 29.8 Å².